The smallest absolute Gasteiger partial charge is 0 e. The summed E-state index contributed by atoms with van der Waals surface area (Å²) in [5.74, 6) is 0. The summed E-state index contributed by atoms with van der Waals surface area (Å²) in [5, 5.41) is 0. The van der Waals surface area contributed by atoms with Gasteiger partial charge in [0.05, 0.1) is 0 Å². The Morgan fingerprint density at radius 2 is 0.857 bits per heavy atom. The Morgan fingerprint density at radius 3 is 0.857 bits per heavy atom. The number of hydrogen-bond acceptors (Lipinski definition) is 4. The summed E-state index contributed by atoms with van der Waals surface area (Å²) in [6.07, 6.45) is 0. The molecule has 0 aromatic rings. The minimum Gasteiger partial charge on any atom is 0 e. The van der Waals surface area contributed by atoms with Crippen LogP contribution in [0.4, 0.5) is 0 Å². The molecule has 0 saturated heterocycles. The number of hydrogen-bond donors (Lipinski definition) is 4. The molecule has 0 aromatic carbocycles. The molecule has 0 amide bonds. The summed E-state index contributed by atoms with van der Waals surface area (Å²) < 4.78 is 0. The fourth-order valence-electron chi connectivity index (χ4n) is 0. The molecular weight excluding hydrogens is 366 g/mol. The molecule has 0 aliphatic rings. The summed E-state index contributed by atoms with van der Waals surface area (Å²) in [5.41, 5.74) is 0. The minimum absolute atomic E-state index is 0. The molecule has 4 N–H and O–H groups in total. The molecule has 0 radical (unpaired) electrons. The summed E-state index contributed by atoms with van der Waals surface area (Å²) in [6.45, 7) is 0. The Labute approximate surface area is 73.6 Å². The van der Waals surface area contributed by atoms with E-state index in [0.717, 1.165) is 0 Å². The summed E-state index contributed by atoms with van der Waals surface area (Å²) in [7, 11) is -4.61. The van der Waals surface area contributed by atoms with Gasteiger partial charge in [-0.25, -0.2) is 0 Å². The van der Waals surface area contributed by atoms with Gasteiger partial charge in [-0.1, -0.05) is 0 Å². The van der Waals surface area contributed by atoms with Gasteiger partial charge in [-0.15, -0.1) is 0 Å². The molecule has 0 aliphatic heterocycles. The maximum Gasteiger partial charge on any atom is 0 e. The van der Waals surface area contributed by atoms with Gasteiger partial charge >= 0.3 is 35.3 Å². The van der Waals surface area contributed by atoms with Gasteiger partial charge in [0.15, 0.2) is 0 Å². The molecule has 0 unspecified atom stereocenters. The van der Waals surface area contributed by atoms with Crippen LogP contribution in [0.3, 0.4) is 0 Å². The molecule has 0 atom stereocenters. The Hall–Kier alpha value is 1.56. The molecule has 7 heteroatoms. The second-order valence-electron chi connectivity index (χ2n) is 0.600. The molecule has 42 valence electrons. The first-order chi connectivity index (χ1) is 2.00. The van der Waals surface area contributed by atoms with E-state index in [9.17, 15) is 0 Å². The van der Waals surface area contributed by atoms with Gasteiger partial charge < -0.3 is 19.2 Å². The van der Waals surface area contributed by atoms with Crippen LogP contribution in [0.15, 0.2) is 0 Å². The van der Waals surface area contributed by atoms with Gasteiger partial charge in [0, 0.05) is 19.5 Å². The Kier molecular flexibility index (Phi) is 12.9. The molecule has 0 spiro atoms. The van der Waals surface area contributed by atoms with E-state index in [0.29, 0.717) is 0 Å². The number of rotatable bonds is 0. The van der Waals surface area contributed by atoms with E-state index in [1.165, 1.54) is 0 Å². The van der Waals surface area contributed by atoms with Crippen molar-refractivity contribution in [2.75, 3.05) is 0 Å². The third-order valence-corrected chi connectivity index (χ3v) is 0. The van der Waals surface area contributed by atoms with E-state index in [1.807, 2.05) is 0 Å². The Balaban J connectivity index is -0.0000000800. The van der Waals surface area contributed by atoms with E-state index in [2.05, 4.69) is 0 Å². The van der Waals surface area contributed by atoms with Gasteiger partial charge in [0.1, 0.15) is 0 Å². The third-order valence-electron chi connectivity index (χ3n) is 0. The van der Waals surface area contributed by atoms with Gasteiger partial charge in [-0.3, -0.25) is 0 Å². The monoisotopic (exact) mass is 372 g/mol. The Morgan fingerprint density at radius 1 is 0.857 bits per heavy atom. The average molecular weight is 374 g/mol. The largest absolute Gasteiger partial charge is 0 e. The van der Waals surface area contributed by atoms with E-state index >= 15 is 0 Å². The van der Waals surface area contributed by atoms with Crippen molar-refractivity contribution < 1.29 is 38.7 Å². The van der Waals surface area contributed by atoms with Crippen molar-refractivity contribution in [3.63, 3.8) is 0 Å². The van der Waals surface area contributed by atoms with E-state index in [1.54, 1.807) is 0 Å². The summed E-state index contributed by atoms with van der Waals surface area (Å²) >= 11 is 0. The second kappa shape index (κ2) is 5.70. The van der Waals surface area contributed by atoms with Crippen molar-refractivity contribution in [1.29, 1.82) is 0 Å². The van der Waals surface area contributed by atoms with Crippen molar-refractivity contribution in [3.05, 3.63) is 0 Å². The van der Waals surface area contributed by atoms with Crippen LogP contribution in [0.5, 0.6) is 0 Å². The maximum absolute atomic E-state index is 7.33. The molecular formula is H7BiO4SiZn. The van der Waals surface area contributed by atoms with Gasteiger partial charge in [0.25, 0.3) is 0 Å². The molecule has 0 bridgehead atoms. The first-order valence-electron chi connectivity index (χ1n) is 0.894. The minimum atomic E-state index is -4.61. The molecule has 0 aromatic heterocycles. The molecule has 0 aliphatic carbocycles. The first kappa shape index (κ1) is 15.8. The second-order valence-corrected chi connectivity index (χ2v) is 1.80. The van der Waals surface area contributed by atoms with Crippen LogP contribution in [-0.2, 0) is 19.5 Å². The molecule has 4 nitrogen and oxygen atoms in total. The zero-order chi connectivity index (χ0) is 4.50. The standard InChI is InChI=1S/Bi.H4O4Si.Zn.3H/c;1-5(2,3)4;;;;/h;1-4H;;;;. The van der Waals surface area contributed by atoms with E-state index in [-0.39, 0.29) is 45.7 Å². The van der Waals surface area contributed by atoms with Crippen LogP contribution in [0.25, 0.3) is 0 Å². The van der Waals surface area contributed by atoms with Crippen molar-refractivity contribution in [2.45, 2.75) is 0 Å². The fourth-order valence-corrected chi connectivity index (χ4v) is 0. The normalized spacial score (nSPS) is 8.57. The van der Waals surface area contributed by atoms with Crippen LogP contribution >= 0.6 is 0 Å². The molecule has 0 fully saturated rings. The molecule has 0 saturated carbocycles. The predicted molar refractivity (Wildman–Crippen MR) is 24.6 cm³/mol. The topological polar surface area (TPSA) is 80.9 Å². The predicted octanol–water partition coefficient (Wildman–Crippen LogP) is -3.80. The van der Waals surface area contributed by atoms with Crippen molar-refractivity contribution >= 4 is 35.3 Å². The van der Waals surface area contributed by atoms with Gasteiger partial charge in [-0.2, -0.15) is 0 Å². The van der Waals surface area contributed by atoms with Crippen LogP contribution in [0.2, 0.25) is 0 Å². The van der Waals surface area contributed by atoms with Crippen LogP contribution < -0.4 is 0 Å². The summed E-state index contributed by atoms with van der Waals surface area (Å²) in [6, 6.07) is 0. The van der Waals surface area contributed by atoms with Gasteiger partial charge in [0.2, 0.25) is 0 Å². The molecule has 7 heavy (non-hydrogen) atoms. The van der Waals surface area contributed by atoms with Crippen LogP contribution in [0.1, 0.15) is 0 Å². The van der Waals surface area contributed by atoms with Crippen LogP contribution in [0, 0.1) is 0 Å². The van der Waals surface area contributed by atoms with Gasteiger partial charge in [-0.05, 0) is 0 Å². The molecule has 0 heterocycles. The fraction of sp³-hybridized carbons (Fsp3) is 0. The van der Waals surface area contributed by atoms with Crippen molar-refractivity contribution in [1.82, 2.24) is 0 Å². The average Bonchev–Trinajstić information content (AvgIpc) is 0.722. The maximum atomic E-state index is 7.33. The zero-order valence-electron chi connectivity index (χ0n) is 3.70. The quantitative estimate of drug-likeness (QED) is 0.329. The van der Waals surface area contributed by atoms with E-state index in [4.69, 9.17) is 19.2 Å². The summed E-state index contributed by atoms with van der Waals surface area (Å²) in [4.78, 5) is 29.3. The molecule has 0 rings (SSSR count). The first-order valence-corrected chi connectivity index (χ1v) is 2.68. The zero-order valence-corrected chi connectivity index (χ0v) is 13.2. The van der Waals surface area contributed by atoms with E-state index < -0.39 is 9.05 Å². The van der Waals surface area contributed by atoms with Crippen molar-refractivity contribution in [3.8, 4) is 0 Å². The SMILES string of the molecule is O[Si](O)(O)O.[BiH3].[Zn]. The Bertz CT molecular complexity index is 27.2. The van der Waals surface area contributed by atoms with Crippen LogP contribution in [-0.4, -0.2) is 54.4 Å². The third kappa shape index (κ3) is 95.8. The van der Waals surface area contributed by atoms with Crippen molar-refractivity contribution in [2.24, 2.45) is 0 Å².